The van der Waals surface area contributed by atoms with Crippen molar-refractivity contribution in [1.29, 1.82) is 0 Å². The minimum Gasteiger partial charge on any atom is -0.297 e. The Bertz CT molecular complexity index is 640. The van der Waals surface area contributed by atoms with E-state index in [2.05, 4.69) is 70.5 Å². The molecule has 0 amide bonds. The lowest BCUT2D eigenvalue weighted by Crippen LogP contribution is -2.48. The van der Waals surface area contributed by atoms with E-state index in [-0.39, 0.29) is 0 Å². The van der Waals surface area contributed by atoms with Crippen LogP contribution in [0.3, 0.4) is 0 Å². The summed E-state index contributed by atoms with van der Waals surface area (Å²) in [5.74, 6) is 0.840. The van der Waals surface area contributed by atoms with E-state index in [4.69, 9.17) is 0 Å². The fourth-order valence-electron chi connectivity index (χ4n) is 4.92. The summed E-state index contributed by atoms with van der Waals surface area (Å²) in [5, 5.41) is 0. The van der Waals surface area contributed by atoms with Crippen LogP contribution in [-0.4, -0.2) is 36.0 Å². The zero-order valence-electron chi connectivity index (χ0n) is 15.9. The predicted octanol–water partition coefficient (Wildman–Crippen LogP) is 5.13. The lowest BCUT2D eigenvalue weighted by Gasteiger charge is -2.43. The summed E-state index contributed by atoms with van der Waals surface area (Å²) < 4.78 is 0. The first-order valence-electron chi connectivity index (χ1n) is 10.5. The van der Waals surface area contributed by atoms with E-state index in [1.165, 1.54) is 69.4 Å². The molecule has 1 saturated carbocycles. The molecule has 2 heteroatoms. The van der Waals surface area contributed by atoms with Crippen LogP contribution in [0.5, 0.6) is 0 Å². The fourth-order valence-corrected chi connectivity index (χ4v) is 4.92. The van der Waals surface area contributed by atoms with Gasteiger partial charge in [-0.1, -0.05) is 79.9 Å². The third-order valence-corrected chi connectivity index (χ3v) is 6.29. The van der Waals surface area contributed by atoms with Crippen molar-refractivity contribution < 1.29 is 0 Å². The second-order valence-electron chi connectivity index (χ2n) is 8.05. The summed E-state index contributed by atoms with van der Waals surface area (Å²) in [6.07, 6.45) is 7.08. The van der Waals surface area contributed by atoms with Gasteiger partial charge in [0, 0.05) is 38.8 Å². The Morgan fingerprint density at radius 1 is 0.731 bits per heavy atom. The van der Waals surface area contributed by atoms with Crippen molar-refractivity contribution >= 4 is 0 Å². The number of benzene rings is 2. The first kappa shape index (κ1) is 17.8. The number of rotatable bonds is 5. The average Bonchev–Trinajstić information content (AvgIpc) is 2.72. The summed E-state index contributed by atoms with van der Waals surface area (Å²) in [6.45, 7) is 5.86. The lowest BCUT2D eigenvalue weighted by atomic mass is 9.80. The first-order valence-corrected chi connectivity index (χ1v) is 10.5. The van der Waals surface area contributed by atoms with Gasteiger partial charge in [-0.15, -0.1) is 0 Å². The summed E-state index contributed by atoms with van der Waals surface area (Å²) in [6, 6.07) is 22.8. The molecule has 0 spiro atoms. The van der Waals surface area contributed by atoms with Crippen molar-refractivity contribution in [2.45, 2.75) is 44.7 Å². The van der Waals surface area contributed by atoms with E-state index in [0.717, 1.165) is 12.5 Å². The Labute approximate surface area is 158 Å². The largest absolute Gasteiger partial charge is 0.297 e. The third-order valence-electron chi connectivity index (χ3n) is 6.29. The molecular formula is C24H32N2. The van der Waals surface area contributed by atoms with Crippen LogP contribution in [0.15, 0.2) is 60.7 Å². The average molecular weight is 349 g/mol. The van der Waals surface area contributed by atoms with Crippen molar-refractivity contribution in [2.24, 2.45) is 5.92 Å². The van der Waals surface area contributed by atoms with Crippen LogP contribution in [0.4, 0.5) is 0 Å². The summed E-state index contributed by atoms with van der Waals surface area (Å²) in [7, 11) is 0. The molecule has 138 valence electrons. The standard InChI is InChI=1S/C24H32N2/c1-4-10-21(11-5-1)20-25-16-18-26(19-17-25)24(22-12-6-2-7-13-22)23-14-8-3-9-15-23/h1-2,4-7,10-13,23-24H,3,8-9,14-20H2. The molecule has 1 heterocycles. The van der Waals surface area contributed by atoms with Gasteiger partial charge in [0.05, 0.1) is 0 Å². The van der Waals surface area contributed by atoms with Gasteiger partial charge in [0.1, 0.15) is 0 Å². The second kappa shape index (κ2) is 8.83. The maximum Gasteiger partial charge on any atom is 0.0377 e. The molecule has 1 aliphatic heterocycles. The van der Waals surface area contributed by atoms with E-state index < -0.39 is 0 Å². The monoisotopic (exact) mass is 348 g/mol. The van der Waals surface area contributed by atoms with Crippen molar-refractivity contribution in [3.8, 4) is 0 Å². The number of hydrogen-bond acceptors (Lipinski definition) is 2. The minimum atomic E-state index is 0.621. The fraction of sp³-hybridized carbons (Fsp3) is 0.500. The summed E-state index contributed by atoms with van der Waals surface area (Å²) in [4.78, 5) is 5.40. The molecule has 1 saturated heterocycles. The molecule has 1 aliphatic carbocycles. The van der Waals surface area contributed by atoms with Gasteiger partial charge in [-0.25, -0.2) is 0 Å². The van der Waals surface area contributed by atoms with Crippen molar-refractivity contribution in [3.63, 3.8) is 0 Å². The highest BCUT2D eigenvalue weighted by molar-refractivity contribution is 5.20. The van der Waals surface area contributed by atoms with Crippen molar-refractivity contribution in [3.05, 3.63) is 71.8 Å². The normalized spacial score (nSPS) is 21.5. The summed E-state index contributed by atoms with van der Waals surface area (Å²) >= 11 is 0. The van der Waals surface area contributed by atoms with Gasteiger partial charge in [0.15, 0.2) is 0 Å². The summed E-state index contributed by atoms with van der Waals surface area (Å²) in [5.41, 5.74) is 2.98. The van der Waals surface area contributed by atoms with E-state index in [0.29, 0.717) is 6.04 Å². The Kier molecular flexibility index (Phi) is 6.03. The van der Waals surface area contributed by atoms with Gasteiger partial charge in [-0.3, -0.25) is 9.80 Å². The van der Waals surface area contributed by atoms with Crippen LogP contribution in [0, 0.1) is 5.92 Å². The molecule has 2 aromatic rings. The highest BCUT2D eigenvalue weighted by atomic mass is 15.3. The van der Waals surface area contributed by atoms with Crippen LogP contribution >= 0.6 is 0 Å². The van der Waals surface area contributed by atoms with E-state index in [1.807, 2.05) is 0 Å². The molecule has 26 heavy (non-hydrogen) atoms. The maximum atomic E-state index is 2.78. The molecular weight excluding hydrogens is 316 g/mol. The predicted molar refractivity (Wildman–Crippen MR) is 109 cm³/mol. The van der Waals surface area contributed by atoms with Gasteiger partial charge in [0.2, 0.25) is 0 Å². The molecule has 1 atom stereocenters. The SMILES string of the molecule is c1ccc(CN2CCN(C(c3ccccc3)C3CCCCC3)CC2)cc1. The molecule has 1 unspecified atom stereocenters. The number of hydrogen-bond donors (Lipinski definition) is 0. The zero-order chi connectivity index (χ0) is 17.6. The second-order valence-corrected chi connectivity index (χ2v) is 8.05. The Morgan fingerprint density at radius 3 is 2.00 bits per heavy atom. The molecule has 0 radical (unpaired) electrons. The van der Waals surface area contributed by atoms with E-state index in [1.54, 1.807) is 0 Å². The minimum absolute atomic E-state index is 0.621. The number of piperazine rings is 1. The highest BCUT2D eigenvalue weighted by Crippen LogP contribution is 2.38. The molecule has 4 rings (SSSR count). The maximum absolute atomic E-state index is 2.78. The van der Waals surface area contributed by atoms with E-state index in [9.17, 15) is 0 Å². The molecule has 0 bridgehead atoms. The van der Waals surface area contributed by atoms with Gasteiger partial charge < -0.3 is 0 Å². The van der Waals surface area contributed by atoms with Crippen LogP contribution in [-0.2, 0) is 6.54 Å². The van der Waals surface area contributed by atoms with Crippen LogP contribution in [0.1, 0.15) is 49.3 Å². The topological polar surface area (TPSA) is 6.48 Å². The third kappa shape index (κ3) is 4.36. The smallest absolute Gasteiger partial charge is 0.0377 e. The Balaban J connectivity index is 1.42. The quantitative estimate of drug-likeness (QED) is 0.739. The highest BCUT2D eigenvalue weighted by Gasteiger charge is 2.32. The lowest BCUT2D eigenvalue weighted by molar-refractivity contribution is 0.0547. The van der Waals surface area contributed by atoms with Gasteiger partial charge in [0.25, 0.3) is 0 Å². The molecule has 2 aromatic carbocycles. The van der Waals surface area contributed by atoms with Crippen LogP contribution < -0.4 is 0 Å². The first-order chi connectivity index (χ1) is 12.9. The Morgan fingerprint density at radius 2 is 1.35 bits per heavy atom. The van der Waals surface area contributed by atoms with Gasteiger partial charge >= 0.3 is 0 Å². The molecule has 0 N–H and O–H groups in total. The van der Waals surface area contributed by atoms with Gasteiger partial charge in [-0.2, -0.15) is 0 Å². The van der Waals surface area contributed by atoms with E-state index >= 15 is 0 Å². The molecule has 2 nitrogen and oxygen atoms in total. The molecule has 2 aliphatic rings. The van der Waals surface area contributed by atoms with Crippen molar-refractivity contribution in [1.82, 2.24) is 9.80 Å². The molecule has 2 fully saturated rings. The van der Waals surface area contributed by atoms with Crippen LogP contribution in [0.25, 0.3) is 0 Å². The molecule has 0 aromatic heterocycles. The van der Waals surface area contributed by atoms with Gasteiger partial charge in [-0.05, 0) is 29.9 Å². The van der Waals surface area contributed by atoms with Crippen LogP contribution in [0.2, 0.25) is 0 Å². The van der Waals surface area contributed by atoms with Crippen molar-refractivity contribution in [2.75, 3.05) is 26.2 Å². The Hall–Kier alpha value is -1.64. The zero-order valence-corrected chi connectivity index (χ0v) is 15.9. The number of nitrogens with zero attached hydrogens (tertiary/aromatic N) is 2.